The molecule has 0 N–H and O–H groups in total. The fourth-order valence-electron chi connectivity index (χ4n) is 2.62. The third-order valence-electron chi connectivity index (χ3n) is 4.27. The molecule has 2 heterocycles. The van der Waals surface area contributed by atoms with Crippen LogP contribution < -0.4 is 0 Å². The molecule has 1 aromatic heterocycles. The Bertz CT molecular complexity index is 535. The van der Waals surface area contributed by atoms with E-state index in [1.165, 1.54) is 11.3 Å². The summed E-state index contributed by atoms with van der Waals surface area (Å²) >= 11 is 7.02. The molecule has 1 fully saturated rings. The van der Waals surface area contributed by atoms with Crippen molar-refractivity contribution in [3.8, 4) is 0 Å². The van der Waals surface area contributed by atoms with E-state index in [9.17, 15) is 8.42 Å². The van der Waals surface area contributed by atoms with Crippen LogP contribution in [0.25, 0.3) is 0 Å². The summed E-state index contributed by atoms with van der Waals surface area (Å²) in [5.41, 5.74) is 0.166. The third kappa shape index (κ3) is 2.84. The van der Waals surface area contributed by atoms with E-state index >= 15 is 0 Å². The number of sulfonamides is 1. The topological polar surface area (TPSA) is 37.4 Å². The van der Waals surface area contributed by atoms with Crippen molar-refractivity contribution < 1.29 is 8.42 Å². The number of rotatable bonds is 5. The largest absolute Gasteiger partial charge is 0.252 e. The van der Waals surface area contributed by atoms with Gasteiger partial charge in [0.05, 0.1) is 5.88 Å². The van der Waals surface area contributed by atoms with E-state index in [0.717, 1.165) is 24.1 Å². The smallest absolute Gasteiger partial charge is 0.206 e. The molecule has 3 nitrogen and oxygen atoms in total. The zero-order valence-corrected chi connectivity index (χ0v) is 13.7. The molecule has 108 valence electrons. The second-order valence-electron chi connectivity index (χ2n) is 5.15. The van der Waals surface area contributed by atoms with Gasteiger partial charge in [-0.05, 0) is 36.8 Å². The number of hydrogen-bond acceptors (Lipinski definition) is 3. The Morgan fingerprint density at radius 1 is 1.37 bits per heavy atom. The highest BCUT2D eigenvalue weighted by atomic mass is 35.5. The van der Waals surface area contributed by atoms with Crippen molar-refractivity contribution in [1.82, 2.24) is 4.31 Å². The molecule has 0 saturated carbocycles. The zero-order valence-electron chi connectivity index (χ0n) is 11.4. The van der Waals surface area contributed by atoms with Crippen molar-refractivity contribution in [2.75, 3.05) is 13.1 Å². The molecule has 0 radical (unpaired) electrons. The molecule has 0 unspecified atom stereocenters. The average molecular weight is 322 g/mol. The van der Waals surface area contributed by atoms with E-state index in [-0.39, 0.29) is 5.41 Å². The molecule has 2 rings (SSSR count). The maximum absolute atomic E-state index is 12.6. The lowest BCUT2D eigenvalue weighted by Gasteiger charge is -2.26. The lowest BCUT2D eigenvalue weighted by molar-refractivity contribution is 0.280. The molecule has 0 atom stereocenters. The minimum absolute atomic E-state index is 0.166. The van der Waals surface area contributed by atoms with Crippen LogP contribution in [0.4, 0.5) is 0 Å². The van der Waals surface area contributed by atoms with Gasteiger partial charge in [0.2, 0.25) is 0 Å². The molecular weight excluding hydrogens is 302 g/mol. The predicted molar refractivity (Wildman–Crippen MR) is 80.3 cm³/mol. The summed E-state index contributed by atoms with van der Waals surface area (Å²) in [7, 11) is -3.33. The third-order valence-corrected chi connectivity index (χ3v) is 8.11. The molecule has 1 saturated heterocycles. The van der Waals surface area contributed by atoms with Crippen molar-refractivity contribution in [1.29, 1.82) is 0 Å². The summed E-state index contributed by atoms with van der Waals surface area (Å²) in [5.74, 6) is 0.369. The van der Waals surface area contributed by atoms with Crippen molar-refractivity contribution in [2.45, 2.75) is 43.2 Å². The van der Waals surface area contributed by atoms with Crippen LogP contribution in [0.3, 0.4) is 0 Å². The molecule has 0 aromatic carbocycles. The Hall–Kier alpha value is -0.100. The number of hydrogen-bond donors (Lipinski definition) is 0. The van der Waals surface area contributed by atoms with Gasteiger partial charge < -0.3 is 0 Å². The Morgan fingerprint density at radius 3 is 2.53 bits per heavy atom. The van der Waals surface area contributed by atoms with Gasteiger partial charge in [-0.2, -0.15) is 4.31 Å². The highest BCUT2D eigenvalue weighted by molar-refractivity contribution is 7.91. The molecule has 6 heteroatoms. The second-order valence-corrected chi connectivity index (χ2v) is 8.75. The van der Waals surface area contributed by atoms with Crippen molar-refractivity contribution >= 4 is 33.0 Å². The quantitative estimate of drug-likeness (QED) is 0.776. The predicted octanol–water partition coefficient (Wildman–Crippen LogP) is 3.69. The van der Waals surface area contributed by atoms with E-state index in [2.05, 4.69) is 13.8 Å². The molecule has 0 amide bonds. The SMILES string of the molecule is CCC1(CC)CCN(S(=O)(=O)c2ccc(CCl)s2)C1. The molecule has 19 heavy (non-hydrogen) atoms. The lowest BCUT2D eigenvalue weighted by Crippen LogP contribution is -2.31. The summed E-state index contributed by atoms with van der Waals surface area (Å²) in [6.45, 7) is 5.58. The fraction of sp³-hybridized carbons (Fsp3) is 0.692. The first-order valence-corrected chi connectivity index (χ1v) is 9.41. The highest BCUT2D eigenvalue weighted by Crippen LogP contribution is 2.40. The van der Waals surface area contributed by atoms with Gasteiger partial charge >= 0.3 is 0 Å². The Balaban J connectivity index is 2.22. The van der Waals surface area contributed by atoms with Crippen LogP contribution in [0.5, 0.6) is 0 Å². The molecule has 0 aliphatic carbocycles. The van der Waals surface area contributed by atoms with Crippen molar-refractivity contribution in [3.05, 3.63) is 17.0 Å². The van der Waals surface area contributed by atoms with Gasteiger partial charge in [-0.3, -0.25) is 0 Å². The molecule has 1 aromatic rings. The summed E-state index contributed by atoms with van der Waals surface area (Å²) in [4.78, 5) is 0.900. The summed E-state index contributed by atoms with van der Waals surface area (Å²) in [5, 5.41) is 0. The second kappa shape index (κ2) is 5.72. The molecule has 1 aliphatic heterocycles. The first-order valence-electron chi connectivity index (χ1n) is 6.62. The van der Waals surface area contributed by atoms with Crippen molar-refractivity contribution in [2.24, 2.45) is 5.41 Å². The van der Waals surface area contributed by atoms with E-state index in [4.69, 9.17) is 11.6 Å². The Labute approximate surface area is 124 Å². The van der Waals surface area contributed by atoms with Gasteiger partial charge in [-0.15, -0.1) is 22.9 Å². The maximum Gasteiger partial charge on any atom is 0.252 e. The van der Waals surface area contributed by atoms with Gasteiger partial charge in [0, 0.05) is 18.0 Å². The first-order chi connectivity index (χ1) is 8.97. The standard InChI is InChI=1S/C13H20ClNO2S2/c1-3-13(4-2)7-8-15(10-13)19(16,17)12-6-5-11(9-14)18-12/h5-6H,3-4,7-10H2,1-2H3. The minimum atomic E-state index is -3.33. The number of alkyl halides is 1. The maximum atomic E-state index is 12.6. The van der Waals surface area contributed by atoms with E-state index in [1.807, 2.05) is 0 Å². The average Bonchev–Trinajstić information content (AvgIpc) is 3.06. The van der Waals surface area contributed by atoms with Gasteiger partial charge in [-0.1, -0.05) is 13.8 Å². The van der Waals surface area contributed by atoms with Crippen LogP contribution in [0.15, 0.2) is 16.3 Å². The molecule has 1 aliphatic rings. The monoisotopic (exact) mass is 321 g/mol. The van der Waals surface area contributed by atoms with E-state index in [0.29, 0.717) is 23.2 Å². The number of nitrogens with zero attached hydrogens (tertiary/aromatic N) is 1. The fourth-order valence-corrected chi connectivity index (χ4v) is 5.79. The van der Waals surface area contributed by atoms with Crippen LogP contribution in [-0.2, 0) is 15.9 Å². The summed E-state index contributed by atoms with van der Waals surface area (Å²) in [6.07, 6.45) is 3.03. The van der Waals surface area contributed by atoms with Gasteiger partial charge in [0.1, 0.15) is 4.21 Å². The number of thiophene rings is 1. The van der Waals surface area contributed by atoms with Crippen LogP contribution in [0, 0.1) is 5.41 Å². The lowest BCUT2D eigenvalue weighted by atomic mass is 9.82. The van der Waals surface area contributed by atoms with E-state index in [1.54, 1.807) is 16.4 Å². The number of halogens is 1. The molecular formula is C13H20ClNO2S2. The summed E-state index contributed by atoms with van der Waals surface area (Å²) < 4.78 is 27.2. The normalized spacial score (nSPS) is 19.9. The Morgan fingerprint density at radius 2 is 2.05 bits per heavy atom. The highest BCUT2D eigenvalue weighted by Gasteiger charge is 2.40. The van der Waals surface area contributed by atoms with Crippen LogP contribution >= 0.6 is 22.9 Å². The molecule has 0 bridgehead atoms. The minimum Gasteiger partial charge on any atom is -0.206 e. The van der Waals surface area contributed by atoms with Crippen LogP contribution in [-0.4, -0.2) is 25.8 Å². The van der Waals surface area contributed by atoms with Gasteiger partial charge in [0.15, 0.2) is 0 Å². The van der Waals surface area contributed by atoms with Gasteiger partial charge in [-0.25, -0.2) is 8.42 Å². The van der Waals surface area contributed by atoms with Crippen LogP contribution in [0.2, 0.25) is 0 Å². The van der Waals surface area contributed by atoms with Crippen molar-refractivity contribution in [3.63, 3.8) is 0 Å². The first kappa shape index (κ1) is 15.3. The Kier molecular flexibility index (Phi) is 4.60. The molecule has 0 spiro atoms. The summed E-state index contributed by atoms with van der Waals surface area (Å²) in [6, 6.07) is 3.48. The zero-order chi connectivity index (χ0) is 14.1. The van der Waals surface area contributed by atoms with E-state index < -0.39 is 10.0 Å². The van der Waals surface area contributed by atoms with Crippen LogP contribution in [0.1, 0.15) is 38.0 Å². The van der Waals surface area contributed by atoms with Gasteiger partial charge in [0.25, 0.3) is 10.0 Å².